The number of ether oxygens (including phenoxy) is 1. The van der Waals surface area contributed by atoms with Crippen molar-refractivity contribution in [2.75, 3.05) is 12.5 Å². The Hall–Kier alpha value is -2.05. The highest BCUT2D eigenvalue weighted by Crippen LogP contribution is 2.28. The molecule has 0 amide bonds. The van der Waals surface area contributed by atoms with Crippen LogP contribution in [0.25, 0.3) is 0 Å². The zero-order valence-electron chi connectivity index (χ0n) is 11.2. The first-order valence-electron chi connectivity index (χ1n) is 6.33. The average molecular weight is 307 g/mol. The molecule has 0 spiro atoms. The van der Waals surface area contributed by atoms with E-state index in [0.717, 1.165) is 5.56 Å². The molecule has 0 aliphatic carbocycles. The predicted molar refractivity (Wildman–Crippen MR) is 79.9 cm³/mol. The zero-order chi connectivity index (χ0) is 15.1. The summed E-state index contributed by atoms with van der Waals surface area (Å²) in [6.45, 7) is -0.705. The Balaban J connectivity index is 1.99. The first kappa shape index (κ1) is 15.3. The van der Waals surface area contributed by atoms with Gasteiger partial charge in [-0.25, -0.2) is 0 Å². The highest BCUT2D eigenvalue weighted by atomic mass is 35.5. The molecule has 0 saturated heterocycles. The van der Waals surface area contributed by atoms with Crippen LogP contribution in [-0.4, -0.2) is 12.5 Å². The van der Waals surface area contributed by atoms with Gasteiger partial charge in [0.25, 0.3) is 0 Å². The van der Waals surface area contributed by atoms with Gasteiger partial charge < -0.3 is 4.74 Å². The summed E-state index contributed by atoms with van der Waals surface area (Å²) in [6.07, 6.45) is 0. The molecule has 2 aromatic rings. The van der Waals surface area contributed by atoms with Crippen LogP contribution in [0.5, 0.6) is 5.75 Å². The highest BCUT2D eigenvalue weighted by Gasteiger charge is 2.32. The number of hydrogen-bond donors (Lipinski definition) is 0. The number of halogens is 3. The molecule has 108 valence electrons. The lowest BCUT2D eigenvalue weighted by molar-refractivity contribution is -0.0467. The maximum absolute atomic E-state index is 13.9. The van der Waals surface area contributed by atoms with Crippen LogP contribution in [0.1, 0.15) is 11.1 Å². The third kappa shape index (κ3) is 4.47. The SMILES string of the molecule is FC(F)(COc1ccc(C#CCCl)cc1)c1ccccc1. The molecule has 21 heavy (non-hydrogen) atoms. The predicted octanol–water partition coefficient (Wildman–Crippen LogP) is 4.45. The summed E-state index contributed by atoms with van der Waals surface area (Å²) in [4.78, 5) is 0. The van der Waals surface area contributed by atoms with Gasteiger partial charge in [-0.15, -0.1) is 11.6 Å². The summed E-state index contributed by atoms with van der Waals surface area (Å²) in [5.74, 6) is 3.15. The van der Waals surface area contributed by atoms with Crippen LogP contribution >= 0.6 is 11.6 Å². The second-order valence-corrected chi connectivity index (χ2v) is 4.59. The van der Waals surface area contributed by atoms with Crippen LogP contribution in [0.2, 0.25) is 0 Å². The average Bonchev–Trinajstić information content (AvgIpc) is 2.53. The molecule has 2 aromatic carbocycles. The summed E-state index contributed by atoms with van der Waals surface area (Å²) >= 11 is 5.46. The third-order valence-electron chi connectivity index (χ3n) is 2.77. The van der Waals surface area contributed by atoms with E-state index in [2.05, 4.69) is 11.8 Å². The molecule has 0 radical (unpaired) electrons. The molecule has 0 atom stereocenters. The van der Waals surface area contributed by atoms with E-state index >= 15 is 0 Å². The van der Waals surface area contributed by atoms with Crippen molar-refractivity contribution in [3.8, 4) is 17.6 Å². The molecule has 0 N–H and O–H groups in total. The Bertz CT molecular complexity index is 627. The van der Waals surface area contributed by atoms with Crippen LogP contribution in [0.3, 0.4) is 0 Å². The quantitative estimate of drug-likeness (QED) is 0.599. The van der Waals surface area contributed by atoms with Crippen molar-refractivity contribution in [1.29, 1.82) is 0 Å². The normalized spacial score (nSPS) is 10.6. The molecule has 2 rings (SSSR count). The molecule has 0 heterocycles. The van der Waals surface area contributed by atoms with E-state index in [1.54, 1.807) is 42.5 Å². The van der Waals surface area contributed by atoms with Crippen LogP contribution in [-0.2, 0) is 5.92 Å². The fourth-order valence-electron chi connectivity index (χ4n) is 1.71. The van der Waals surface area contributed by atoms with Crippen molar-refractivity contribution >= 4 is 11.6 Å². The van der Waals surface area contributed by atoms with Gasteiger partial charge in [-0.3, -0.25) is 0 Å². The van der Waals surface area contributed by atoms with Crippen molar-refractivity contribution in [2.24, 2.45) is 0 Å². The smallest absolute Gasteiger partial charge is 0.306 e. The van der Waals surface area contributed by atoms with Gasteiger partial charge in [-0.2, -0.15) is 8.78 Å². The van der Waals surface area contributed by atoms with E-state index in [-0.39, 0.29) is 11.4 Å². The molecule has 0 aromatic heterocycles. The minimum Gasteiger partial charge on any atom is -0.487 e. The molecule has 0 aliphatic rings. The standard InChI is InChI=1S/C17H13ClF2O/c18-12-4-5-14-8-10-16(11-9-14)21-13-17(19,20)15-6-2-1-3-7-15/h1-3,6-11H,12-13H2. The zero-order valence-corrected chi connectivity index (χ0v) is 11.9. The first-order valence-corrected chi connectivity index (χ1v) is 6.86. The van der Waals surface area contributed by atoms with E-state index in [0.29, 0.717) is 5.75 Å². The van der Waals surface area contributed by atoms with E-state index in [1.165, 1.54) is 12.1 Å². The van der Waals surface area contributed by atoms with E-state index in [4.69, 9.17) is 16.3 Å². The second kappa shape index (κ2) is 7.10. The van der Waals surface area contributed by atoms with Crippen molar-refractivity contribution in [3.05, 3.63) is 65.7 Å². The second-order valence-electron chi connectivity index (χ2n) is 4.32. The van der Waals surface area contributed by atoms with Gasteiger partial charge in [0.2, 0.25) is 0 Å². The monoisotopic (exact) mass is 306 g/mol. The van der Waals surface area contributed by atoms with Gasteiger partial charge >= 0.3 is 5.92 Å². The van der Waals surface area contributed by atoms with Crippen LogP contribution in [0, 0.1) is 11.8 Å². The molecule has 1 nitrogen and oxygen atoms in total. The lowest BCUT2D eigenvalue weighted by Gasteiger charge is -2.17. The number of hydrogen-bond acceptors (Lipinski definition) is 1. The van der Waals surface area contributed by atoms with E-state index < -0.39 is 12.5 Å². The van der Waals surface area contributed by atoms with Crippen LogP contribution in [0.15, 0.2) is 54.6 Å². The Morgan fingerprint density at radius 2 is 1.67 bits per heavy atom. The maximum Gasteiger partial charge on any atom is 0.306 e. The van der Waals surface area contributed by atoms with Gasteiger partial charge in [0.05, 0.1) is 5.88 Å². The summed E-state index contributed by atoms with van der Waals surface area (Å²) in [5, 5.41) is 0. The molecule has 0 bridgehead atoms. The third-order valence-corrected chi connectivity index (χ3v) is 2.90. The lowest BCUT2D eigenvalue weighted by atomic mass is 10.1. The summed E-state index contributed by atoms with van der Waals surface area (Å²) < 4.78 is 33.0. The minimum absolute atomic E-state index is 0.0606. The molecule has 0 fully saturated rings. The molecule has 0 saturated carbocycles. The molecule has 0 aliphatic heterocycles. The van der Waals surface area contributed by atoms with Gasteiger partial charge in [0.1, 0.15) is 5.75 Å². The largest absolute Gasteiger partial charge is 0.487 e. The van der Waals surface area contributed by atoms with Crippen molar-refractivity contribution in [3.63, 3.8) is 0 Å². The van der Waals surface area contributed by atoms with Crippen LogP contribution in [0.4, 0.5) is 8.78 Å². The fourth-order valence-corrected chi connectivity index (χ4v) is 1.78. The molecule has 4 heteroatoms. The van der Waals surface area contributed by atoms with E-state index in [1.807, 2.05) is 0 Å². The van der Waals surface area contributed by atoms with Gasteiger partial charge in [-0.1, -0.05) is 42.2 Å². The minimum atomic E-state index is -3.03. The van der Waals surface area contributed by atoms with Gasteiger partial charge in [0.15, 0.2) is 6.61 Å². The molecular weight excluding hydrogens is 294 g/mol. The Morgan fingerprint density at radius 1 is 1.00 bits per heavy atom. The summed E-state index contributed by atoms with van der Waals surface area (Å²) in [7, 11) is 0. The van der Waals surface area contributed by atoms with Crippen molar-refractivity contribution < 1.29 is 13.5 Å². The summed E-state index contributed by atoms with van der Waals surface area (Å²) in [5.41, 5.74) is 0.701. The number of benzene rings is 2. The Kier molecular flexibility index (Phi) is 5.19. The van der Waals surface area contributed by atoms with Crippen molar-refractivity contribution in [1.82, 2.24) is 0 Å². The van der Waals surface area contributed by atoms with E-state index in [9.17, 15) is 8.78 Å². The lowest BCUT2D eigenvalue weighted by Crippen LogP contribution is -2.23. The highest BCUT2D eigenvalue weighted by molar-refractivity contribution is 6.19. The molecule has 0 unspecified atom stereocenters. The summed E-state index contributed by atoms with van der Waals surface area (Å²) in [6, 6.07) is 14.2. The van der Waals surface area contributed by atoms with Crippen LogP contribution < -0.4 is 4.74 Å². The fraction of sp³-hybridized carbons (Fsp3) is 0.176. The Labute approximate surface area is 127 Å². The topological polar surface area (TPSA) is 9.23 Å². The number of rotatable bonds is 4. The van der Waals surface area contributed by atoms with Crippen molar-refractivity contribution in [2.45, 2.75) is 5.92 Å². The number of alkyl halides is 3. The Morgan fingerprint density at radius 3 is 2.29 bits per heavy atom. The van der Waals surface area contributed by atoms with Gasteiger partial charge in [-0.05, 0) is 24.3 Å². The first-order chi connectivity index (χ1) is 10.1. The molecular formula is C17H13ClF2O. The maximum atomic E-state index is 13.9. The van der Waals surface area contributed by atoms with Gasteiger partial charge in [0, 0.05) is 11.1 Å².